The average Bonchev–Trinajstić information content (AvgIpc) is 2.89. The summed E-state index contributed by atoms with van der Waals surface area (Å²) >= 11 is 0. The van der Waals surface area contributed by atoms with Crippen molar-refractivity contribution in [2.45, 2.75) is 20.4 Å². The highest BCUT2D eigenvalue weighted by Gasteiger charge is 2.17. The van der Waals surface area contributed by atoms with Gasteiger partial charge >= 0.3 is 0 Å². The Bertz CT molecular complexity index is 950. The number of nitrogens with one attached hydrogen (secondary N) is 1. The van der Waals surface area contributed by atoms with Crippen molar-refractivity contribution in [3.05, 3.63) is 76.9 Å². The first-order valence-electron chi connectivity index (χ1n) is 8.22. The van der Waals surface area contributed by atoms with Crippen LogP contribution in [0.5, 0.6) is 5.75 Å². The van der Waals surface area contributed by atoms with Crippen molar-refractivity contribution < 1.29 is 13.9 Å². The number of anilines is 1. The molecule has 0 aliphatic rings. The number of amides is 1. The zero-order chi connectivity index (χ0) is 18.7. The van der Waals surface area contributed by atoms with E-state index in [0.717, 1.165) is 17.0 Å². The molecular weight excluding hydrogens is 333 g/mol. The first kappa shape index (κ1) is 17.7. The maximum absolute atomic E-state index is 13.8. The van der Waals surface area contributed by atoms with Gasteiger partial charge in [0.15, 0.2) is 0 Å². The van der Waals surface area contributed by atoms with Crippen LogP contribution in [0.4, 0.5) is 10.1 Å². The largest absolute Gasteiger partial charge is 0.497 e. The molecule has 0 aliphatic carbocycles. The van der Waals surface area contributed by atoms with Crippen molar-refractivity contribution in [3.63, 3.8) is 0 Å². The van der Waals surface area contributed by atoms with Gasteiger partial charge in [0.25, 0.3) is 5.91 Å². The summed E-state index contributed by atoms with van der Waals surface area (Å²) in [5, 5.41) is 7.27. The molecule has 134 valence electrons. The minimum absolute atomic E-state index is 0.00634. The lowest BCUT2D eigenvalue weighted by Gasteiger charge is -2.08. The van der Waals surface area contributed by atoms with E-state index in [1.807, 2.05) is 38.1 Å². The molecule has 6 heteroatoms. The summed E-state index contributed by atoms with van der Waals surface area (Å²) in [6, 6.07) is 13.6. The van der Waals surface area contributed by atoms with Crippen LogP contribution in [0, 0.1) is 19.7 Å². The van der Waals surface area contributed by atoms with Gasteiger partial charge < -0.3 is 10.1 Å². The average molecular weight is 353 g/mol. The fourth-order valence-corrected chi connectivity index (χ4v) is 2.80. The van der Waals surface area contributed by atoms with Crippen molar-refractivity contribution >= 4 is 11.6 Å². The standard InChI is InChI=1S/C20H20FN3O2/c1-13-19(22-20(25)17-9-4-5-10-18(17)21)14(2)24(23-13)12-15-7-6-8-16(11-15)26-3/h4-11H,12H2,1-3H3,(H,22,25). The van der Waals surface area contributed by atoms with E-state index in [9.17, 15) is 9.18 Å². The number of carbonyl (C=O) groups excluding carboxylic acids is 1. The minimum Gasteiger partial charge on any atom is -0.497 e. The van der Waals surface area contributed by atoms with E-state index in [1.54, 1.807) is 23.9 Å². The fourth-order valence-electron chi connectivity index (χ4n) is 2.80. The number of halogens is 1. The molecule has 5 nitrogen and oxygen atoms in total. The second-order valence-corrected chi connectivity index (χ2v) is 5.99. The molecule has 0 bridgehead atoms. The van der Waals surface area contributed by atoms with Crippen LogP contribution in [0.25, 0.3) is 0 Å². The summed E-state index contributed by atoms with van der Waals surface area (Å²) in [7, 11) is 1.62. The summed E-state index contributed by atoms with van der Waals surface area (Å²) in [6.45, 7) is 4.22. The van der Waals surface area contributed by atoms with Crippen molar-refractivity contribution in [3.8, 4) is 5.75 Å². The maximum Gasteiger partial charge on any atom is 0.258 e. The lowest BCUT2D eigenvalue weighted by Crippen LogP contribution is -2.15. The summed E-state index contributed by atoms with van der Waals surface area (Å²) in [4.78, 5) is 12.4. The van der Waals surface area contributed by atoms with Crippen LogP contribution >= 0.6 is 0 Å². The molecule has 3 aromatic rings. The van der Waals surface area contributed by atoms with Crippen LogP contribution in [0.15, 0.2) is 48.5 Å². The first-order chi connectivity index (χ1) is 12.5. The van der Waals surface area contributed by atoms with Crippen LogP contribution in [0.3, 0.4) is 0 Å². The van der Waals surface area contributed by atoms with E-state index in [0.29, 0.717) is 17.9 Å². The van der Waals surface area contributed by atoms with Crippen LogP contribution in [0.1, 0.15) is 27.3 Å². The Morgan fingerprint density at radius 3 is 2.69 bits per heavy atom. The quantitative estimate of drug-likeness (QED) is 0.756. The smallest absolute Gasteiger partial charge is 0.258 e. The normalized spacial score (nSPS) is 10.6. The Morgan fingerprint density at radius 1 is 1.19 bits per heavy atom. The second-order valence-electron chi connectivity index (χ2n) is 5.99. The van der Waals surface area contributed by atoms with E-state index in [2.05, 4.69) is 10.4 Å². The Labute approximate surface area is 151 Å². The minimum atomic E-state index is -0.552. The highest BCUT2D eigenvalue weighted by molar-refractivity contribution is 6.05. The highest BCUT2D eigenvalue weighted by atomic mass is 19.1. The first-order valence-corrected chi connectivity index (χ1v) is 8.22. The molecule has 1 aromatic heterocycles. The van der Waals surface area contributed by atoms with Gasteiger partial charge in [-0.1, -0.05) is 24.3 Å². The Morgan fingerprint density at radius 2 is 1.96 bits per heavy atom. The van der Waals surface area contributed by atoms with Gasteiger partial charge in [-0.15, -0.1) is 0 Å². The van der Waals surface area contributed by atoms with E-state index in [-0.39, 0.29) is 5.56 Å². The van der Waals surface area contributed by atoms with E-state index >= 15 is 0 Å². The summed E-state index contributed by atoms with van der Waals surface area (Å²) < 4.78 is 20.9. The number of carbonyl (C=O) groups is 1. The number of methoxy groups -OCH3 is 1. The number of hydrogen-bond donors (Lipinski definition) is 1. The molecule has 0 saturated heterocycles. The van der Waals surface area contributed by atoms with Crippen molar-refractivity contribution in [2.24, 2.45) is 0 Å². The van der Waals surface area contributed by atoms with E-state index in [4.69, 9.17) is 4.74 Å². The monoisotopic (exact) mass is 353 g/mol. The number of rotatable bonds is 5. The summed E-state index contributed by atoms with van der Waals surface area (Å²) in [5.41, 5.74) is 3.11. The van der Waals surface area contributed by atoms with E-state index in [1.165, 1.54) is 12.1 Å². The van der Waals surface area contributed by atoms with Gasteiger partial charge in [0.2, 0.25) is 0 Å². The van der Waals surface area contributed by atoms with Crippen LogP contribution in [-0.2, 0) is 6.54 Å². The third-order valence-electron chi connectivity index (χ3n) is 4.20. The Kier molecular flexibility index (Phi) is 5.02. The van der Waals surface area contributed by atoms with Crippen LogP contribution in [0.2, 0.25) is 0 Å². The van der Waals surface area contributed by atoms with Gasteiger partial charge in [-0.2, -0.15) is 5.10 Å². The molecule has 1 heterocycles. The topological polar surface area (TPSA) is 56.1 Å². The molecule has 26 heavy (non-hydrogen) atoms. The highest BCUT2D eigenvalue weighted by Crippen LogP contribution is 2.22. The number of hydrogen-bond acceptors (Lipinski definition) is 3. The van der Waals surface area contributed by atoms with Crippen LogP contribution in [-0.4, -0.2) is 22.8 Å². The molecule has 0 fully saturated rings. The third-order valence-corrected chi connectivity index (χ3v) is 4.20. The SMILES string of the molecule is COc1cccc(Cn2nc(C)c(NC(=O)c3ccccc3F)c2C)c1. The molecule has 0 radical (unpaired) electrons. The molecule has 0 atom stereocenters. The van der Waals surface area contributed by atoms with Gasteiger partial charge in [0, 0.05) is 0 Å². The zero-order valence-electron chi connectivity index (χ0n) is 14.9. The van der Waals surface area contributed by atoms with E-state index < -0.39 is 11.7 Å². The molecule has 0 aliphatic heterocycles. The number of nitrogens with zero attached hydrogens (tertiary/aromatic N) is 2. The number of aryl methyl sites for hydroxylation is 1. The van der Waals surface area contributed by atoms with Crippen molar-refractivity contribution in [1.82, 2.24) is 9.78 Å². The van der Waals surface area contributed by atoms with Gasteiger partial charge in [-0.25, -0.2) is 4.39 Å². The number of aromatic nitrogens is 2. The number of ether oxygens (including phenoxy) is 1. The molecule has 1 amide bonds. The molecule has 0 spiro atoms. The summed E-state index contributed by atoms with van der Waals surface area (Å²) in [5.74, 6) is -0.267. The predicted octanol–water partition coefficient (Wildman–Crippen LogP) is 3.95. The van der Waals surface area contributed by atoms with Crippen molar-refractivity contribution in [1.29, 1.82) is 0 Å². The molecule has 2 aromatic carbocycles. The zero-order valence-corrected chi connectivity index (χ0v) is 14.9. The van der Waals surface area contributed by atoms with Gasteiger partial charge in [0.1, 0.15) is 11.6 Å². The number of benzene rings is 2. The lowest BCUT2D eigenvalue weighted by molar-refractivity contribution is 0.102. The van der Waals surface area contributed by atoms with Crippen LogP contribution < -0.4 is 10.1 Å². The molecular formula is C20H20FN3O2. The lowest BCUT2D eigenvalue weighted by atomic mass is 10.2. The van der Waals surface area contributed by atoms with Gasteiger partial charge in [-0.3, -0.25) is 9.48 Å². The van der Waals surface area contributed by atoms with Gasteiger partial charge in [-0.05, 0) is 43.7 Å². The Balaban J connectivity index is 1.84. The maximum atomic E-state index is 13.8. The van der Waals surface area contributed by atoms with Crippen molar-refractivity contribution in [2.75, 3.05) is 12.4 Å². The third kappa shape index (κ3) is 3.59. The second kappa shape index (κ2) is 7.39. The predicted molar refractivity (Wildman–Crippen MR) is 98.2 cm³/mol. The molecule has 0 saturated carbocycles. The Hall–Kier alpha value is -3.15. The van der Waals surface area contributed by atoms with Gasteiger partial charge in [0.05, 0.1) is 36.3 Å². The fraction of sp³-hybridized carbons (Fsp3) is 0.200. The molecule has 0 unspecified atom stereocenters. The molecule has 1 N–H and O–H groups in total. The summed E-state index contributed by atoms with van der Waals surface area (Å²) in [6.07, 6.45) is 0. The molecule has 3 rings (SSSR count).